The molecule has 0 amide bonds. The van der Waals surface area contributed by atoms with Crippen molar-refractivity contribution in [3.63, 3.8) is 0 Å². The largest absolute Gasteiger partial charge is 1.00 e. The van der Waals surface area contributed by atoms with Crippen molar-refractivity contribution in [3.05, 3.63) is 30.1 Å². The van der Waals surface area contributed by atoms with Crippen LogP contribution in [0.25, 0.3) is 0 Å². The van der Waals surface area contributed by atoms with Crippen LogP contribution in [0.4, 0.5) is 4.39 Å². The fourth-order valence-electron chi connectivity index (χ4n) is 0.467. The van der Waals surface area contributed by atoms with Gasteiger partial charge in [0.05, 0.1) is 0 Å². The van der Waals surface area contributed by atoms with Crippen LogP contribution in [0.5, 0.6) is 5.75 Å². The van der Waals surface area contributed by atoms with E-state index in [4.69, 9.17) is 0 Å². The second kappa shape index (κ2) is 3.55. The average molecular weight is 118 g/mol. The minimum atomic E-state index is -0.475. The topological polar surface area (TPSA) is 23.1 Å². The Labute approximate surface area is 64.7 Å². The molecule has 0 fully saturated rings. The van der Waals surface area contributed by atoms with Crippen LogP contribution in [0.2, 0.25) is 0 Å². The molecule has 0 spiro atoms. The SMILES string of the molecule is [Li+].[O-]c1cccc(F)c1. The van der Waals surface area contributed by atoms with Crippen LogP contribution in [0, 0.1) is 5.82 Å². The molecule has 3 heteroatoms. The third kappa shape index (κ3) is 2.55. The Morgan fingerprint density at radius 2 is 2.00 bits per heavy atom. The van der Waals surface area contributed by atoms with Crippen molar-refractivity contribution in [2.45, 2.75) is 0 Å². The van der Waals surface area contributed by atoms with Crippen molar-refractivity contribution in [1.29, 1.82) is 0 Å². The molecule has 0 aliphatic heterocycles. The van der Waals surface area contributed by atoms with E-state index in [2.05, 4.69) is 0 Å². The van der Waals surface area contributed by atoms with Gasteiger partial charge in [-0.3, -0.25) is 0 Å². The molecule has 0 saturated carbocycles. The Morgan fingerprint density at radius 1 is 1.33 bits per heavy atom. The van der Waals surface area contributed by atoms with Gasteiger partial charge in [0.25, 0.3) is 0 Å². The van der Waals surface area contributed by atoms with Gasteiger partial charge in [0.15, 0.2) is 0 Å². The second-order valence-electron chi connectivity index (χ2n) is 1.46. The van der Waals surface area contributed by atoms with Crippen LogP contribution in [0.1, 0.15) is 0 Å². The van der Waals surface area contributed by atoms with Crippen LogP contribution < -0.4 is 24.0 Å². The minimum absolute atomic E-state index is 0. The molecular formula is C6H4FLiO. The number of hydrogen-bond donors (Lipinski definition) is 0. The van der Waals surface area contributed by atoms with E-state index in [-0.39, 0.29) is 24.6 Å². The van der Waals surface area contributed by atoms with E-state index < -0.39 is 5.82 Å². The van der Waals surface area contributed by atoms with E-state index in [9.17, 15) is 9.50 Å². The van der Waals surface area contributed by atoms with Crippen molar-refractivity contribution >= 4 is 0 Å². The summed E-state index contributed by atoms with van der Waals surface area (Å²) in [6.45, 7) is 0. The fourth-order valence-corrected chi connectivity index (χ4v) is 0.467. The van der Waals surface area contributed by atoms with Crippen molar-refractivity contribution in [3.8, 4) is 5.75 Å². The van der Waals surface area contributed by atoms with Crippen LogP contribution in [-0.2, 0) is 0 Å². The van der Waals surface area contributed by atoms with Gasteiger partial charge < -0.3 is 5.11 Å². The zero-order valence-corrected chi connectivity index (χ0v) is 5.10. The standard InChI is InChI=1S/C6H5FO.Li/c7-5-2-1-3-6(8)4-5;/h1-4,8H;/q;+1/p-1. The molecule has 0 aliphatic rings. The maximum absolute atomic E-state index is 12.0. The molecule has 0 heterocycles. The maximum Gasteiger partial charge on any atom is 1.00 e. The molecule has 0 N–H and O–H groups in total. The van der Waals surface area contributed by atoms with Crippen LogP contribution >= 0.6 is 0 Å². The quantitative estimate of drug-likeness (QED) is 0.358. The summed E-state index contributed by atoms with van der Waals surface area (Å²) in [6.07, 6.45) is 0. The summed E-state index contributed by atoms with van der Waals surface area (Å²) in [7, 11) is 0. The molecular weight excluding hydrogens is 114 g/mol. The van der Waals surface area contributed by atoms with Gasteiger partial charge in [0.2, 0.25) is 0 Å². The van der Waals surface area contributed by atoms with Gasteiger partial charge in [-0.05, 0) is 12.1 Å². The first-order chi connectivity index (χ1) is 3.79. The van der Waals surface area contributed by atoms with Crippen molar-refractivity contribution < 1.29 is 28.4 Å². The monoisotopic (exact) mass is 118 g/mol. The molecule has 1 nitrogen and oxygen atoms in total. The van der Waals surface area contributed by atoms with Crippen molar-refractivity contribution in [1.82, 2.24) is 0 Å². The predicted molar refractivity (Wildman–Crippen MR) is 25.8 cm³/mol. The molecule has 0 radical (unpaired) electrons. The molecule has 9 heavy (non-hydrogen) atoms. The third-order valence-electron chi connectivity index (χ3n) is 0.796. The zero-order valence-electron chi connectivity index (χ0n) is 5.10. The van der Waals surface area contributed by atoms with E-state index in [1.54, 1.807) is 0 Å². The summed E-state index contributed by atoms with van der Waals surface area (Å²) in [5, 5.41) is 10.3. The Kier molecular flexibility index (Phi) is 3.37. The van der Waals surface area contributed by atoms with E-state index in [0.717, 1.165) is 6.07 Å². The second-order valence-corrected chi connectivity index (χ2v) is 1.46. The molecule has 1 aromatic carbocycles. The Hall–Kier alpha value is -0.453. The van der Waals surface area contributed by atoms with E-state index in [1.807, 2.05) is 0 Å². The smallest absolute Gasteiger partial charge is 0.872 e. The molecule has 0 aromatic heterocycles. The number of benzene rings is 1. The predicted octanol–water partition coefficient (Wildman–Crippen LogP) is -2.10. The summed E-state index contributed by atoms with van der Waals surface area (Å²) in [6, 6.07) is 4.88. The average Bonchev–Trinajstić information content (AvgIpc) is 1.64. The first-order valence-electron chi connectivity index (χ1n) is 2.21. The van der Waals surface area contributed by atoms with E-state index in [0.29, 0.717) is 0 Å². The number of halogens is 1. The molecule has 0 unspecified atom stereocenters. The van der Waals surface area contributed by atoms with Gasteiger partial charge in [-0.2, -0.15) is 0 Å². The Morgan fingerprint density at radius 3 is 2.33 bits per heavy atom. The maximum atomic E-state index is 12.0. The zero-order chi connectivity index (χ0) is 5.98. The summed E-state index contributed by atoms with van der Waals surface area (Å²) < 4.78 is 12.0. The molecule has 1 aromatic rings. The Bertz CT molecular complexity index is 173. The van der Waals surface area contributed by atoms with Gasteiger partial charge in [-0.15, -0.1) is 5.75 Å². The first-order valence-corrected chi connectivity index (χ1v) is 2.21. The van der Waals surface area contributed by atoms with Crippen LogP contribution in [0.3, 0.4) is 0 Å². The van der Waals surface area contributed by atoms with Crippen LogP contribution in [-0.4, -0.2) is 0 Å². The van der Waals surface area contributed by atoms with E-state index >= 15 is 0 Å². The molecule has 0 bridgehead atoms. The van der Waals surface area contributed by atoms with Gasteiger partial charge in [-0.25, -0.2) is 4.39 Å². The van der Waals surface area contributed by atoms with Gasteiger partial charge in [0, 0.05) is 0 Å². The molecule has 1 rings (SSSR count). The van der Waals surface area contributed by atoms with Crippen molar-refractivity contribution in [2.75, 3.05) is 0 Å². The molecule has 0 aliphatic carbocycles. The van der Waals surface area contributed by atoms with E-state index in [1.165, 1.54) is 18.2 Å². The minimum Gasteiger partial charge on any atom is -0.872 e. The Balaban J connectivity index is 0.000000640. The van der Waals surface area contributed by atoms with Crippen LogP contribution in [0.15, 0.2) is 24.3 Å². The summed E-state index contributed by atoms with van der Waals surface area (Å²) in [5.41, 5.74) is 0. The number of hydrogen-bond acceptors (Lipinski definition) is 1. The first kappa shape index (κ1) is 8.55. The summed E-state index contributed by atoms with van der Waals surface area (Å²) >= 11 is 0. The fraction of sp³-hybridized carbons (Fsp3) is 0. The van der Waals surface area contributed by atoms with Gasteiger partial charge in [0.1, 0.15) is 5.82 Å². The summed E-state index contributed by atoms with van der Waals surface area (Å²) in [4.78, 5) is 0. The third-order valence-corrected chi connectivity index (χ3v) is 0.796. The van der Waals surface area contributed by atoms with Crippen molar-refractivity contribution in [2.24, 2.45) is 0 Å². The molecule has 42 valence electrons. The summed E-state index contributed by atoms with van der Waals surface area (Å²) in [5.74, 6) is -0.762. The molecule has 0 atom stereocenters. The molecule has 0 saturated heterocycles. The normalized spacial score (nSPS) is 8.11. The van der Waals surface area contributed by atoms with Gasteiger partial charge in [-0.1, -0.05) is 12.1 Å². The van der Waals surface area contributed by atoms with Gasteiger partial charge >= 0.3 is 18.9 Å². The number of rotatable bonds is 0.